The smallest absolute Gasteiger partial charge is 0.187 e. The highest BCUT2D eigenvalue weighted by Gasteiger charge is 2.52. The SMILES string of the molecule is CN[C@@H]1C[C@H](N)[C@@H](O[C@H]2O[C@H](CN)[C@@H](O)[C@H](O)[C@H]2N)[C@H](O[C@@H]2O[C@H](CO)[C@@H](O)[C@H]2O)[C@H]1O. The first-order valence-corrected chi connectivity index (χ1v) is 10.7. The molecule has 0 amide bonds. The molecular formula is C18H36N4O10. The van der Waals surface area contributed by atoms with Crippen molar-refractivity contribution in [1.29, 1.82) is 0 Å². The zero-order valence-electron chi connectivity index (χ0n) is 17.8. The Balaban J connectivity index is 1.80. The van der Waals surface area contributed by atoms with Crippen LogP contribution in [0.25, 0.3) is 0 Å². The summed E-state index contributed by atoms with van der Waals surface area (Å²) < 4.78 is 22.7. The van der Waals surface area contributed by atoms with Crippen molar-refractivity contribution in [2.75, 3.05) is 20.2 Å². The second kappa shape index (κ2) is 10.8. The lowest BCUT2D eigenvalue weighted by Crippen LogP contribution is -2.68. The standard InChI is InChI=1S/C18H36N4O10/c1-22-6-2-5(20)15(31-17-9(21)13(27)11(25)7(3-19)29-17)16(10(6)24)32-18-14(28)12(26)8(4-23)30-18/h5-18,22-28H,2-4,19-21H2,1H3/t5-,6+,7+,8+,9+,10-,11+,12+,13+,14+,15+,16+,17+,18-/m0/s1. The number of rotatable bonds is 7. The molecule has 0 aromatic rings. The quantitative estimate of drug-likeness (QED) is 0.167. The van der Waals surface area contributed by atoms with Gasteiger partial charge in [-0.2, -0.15) is 0 Å². The first-order valence-electron chi connectivity index (χ1n) is 10.7. The van der Waals surface area contributed by atoms with E-state index in [-0.39, 0.29) is 13.0 Å². The van der Waals surface area contributed by atoms with Gasteiger partial charge in [-0.05, 0) is 13.5 Å². The molecule has 0 radical (unpaired) electrons. The number of nitrogens with two attached hydrogens (primary N) is 3. The fourth-order valence-corrected chi connectivity index (χ4v) is 4.42. The van der Waals surface area contributed by atoms with Gasteiger partial charge in [0.25, 0.3) is 0 Å². The summed E-state index contributed by atoms with van der Waals surface area (Å²) in [5, 5.41) is 63.7. The number of nitrogens with one attached hydrogen (secondary N) is 1. The van der Waals surface area contributed by atoms with Crippen LogP contribution in [0, 0.1) is 0 Å². The maximum atomic E-state index is 10.9. The van der Waals surface area contributed by atoms with Crippen LogP contribution in [0.5, 0.6) is 0 Å². The highest BCUT2D eigenvalue weighted by molar-refractivity contribution is 5.02. The van der Waals surface area contributed by atoms with Crippen molar-refractivity contribution in [3.8, 4) is 0 Å². The van der Waals surface area contributed by atoms with Crippen LogP contribution in [0.3, 0.4) is 0 Å². The molecule has 1 aliphatic carbocycles. The Morgan fingerprint density at radius 3 is 2.00 bits per heavy atom. The molecule has 13 N–H and O–H groups in total. The predicted octanol–water partition coefficient (Wildman–Crippen LogP) is -6.39. The molecule has 0 bridgehead atoms. The van der Waals surface area contributed by atoms with Crippen molar-refractivity contribution in [3.63, 3.8) is 0 Å². The highest BCUT2D eigenvalue weighted by Crippen LogP contribution is 2.32. The third-order valence-electron chi connectivity index (χ3n) is 6.45. The van der Waals surface area contributed by atoms with Crippen molar-refractivity contribution < 1.29 is 49.6 Å². The summed E-state index contributed by atoms with van der Waals surface area (Å²) in [6, 6.07) is -2.33. The van der Waals surface area contributed by atoms with Gasteiger partial charge in [-0.25, -0.2) is 0 Å². The van der Waals surface area contributed by atoms with Crippen LogP contribution in [-0.2, 0) is 18.9 Å². The van der Waals surface area contributed by atoms with Gasteiger partial charge >= 0.3 is 0 Å². The molecule has 2 heterocycles. The van der Waals surface area contributed by atoms with Gasteiger partial charge < -0.3 is 72.1 Å². The molecule has 0 aromatic carbocycles. The predicted molar refractivity (Wildman–Crippen MR) is 107 cm³/mol. The van der Waals surface area contributed by atoms with Crippen molar-refractivity contribution in [1.82, 2.24) is 5.32 Å². The van der Waals surface area contributed by atoms with Crippen molar-refractivity contribution in [3.05, 3.63) is 0 Å². The van der Waals surface area contributed by atoms with Gasteiger partial charge in [0.05, 0.1) is 18.8 Å². The zero-order chi connectivity index (χ0) is 23.7. The van der Waals surface area contributed by atoms with E-state index in [2.05, 4.69) is 5.32 Å². The van der Waals surface area contributed by atoms with Crippen molar-refractivity contribution in [2.45, 2.75) is 92.1 Å². The van der Waals surface area contributed by atoms with Gasteiger partial charge in [-0.3, -0.25) is 0 Å². The third kappa shape index (κ3) is 4.94. The van der Waals surface area contributed by atoms with Gasteiger partial charge in [0.15, 0.2) is 12.6 Å². The molecule has 2 aliphatic heterocycles. The fraction of sp³-hybridized carbons (Fsp3) is 1.00. The molecule has 3 rings (SSSR count). The van der Waals surface area contributed by atoms with E-state index in [0.29, 0.717) is 0 Å². The Kier molecular flexibility index (Phi) is 8.79. The third-order valence-corrected chi connectivity index (χ3v) is 6.45. The maximum absolute atomic E-state index is 10.9. The Labute approximate surface area is 185 Å². The number of hydrogen-bond donors (Lipinski definition) is 10. The summed E-state index contributed by atoms with van der Waals surface area (Å²) >= 11 is 0. The van der Waals surface area contributed by atoms with E-state index < -0.39 is 92.2 Å². The largest absolute Gasteiger partial charge is 0.394 e. The highest BCUT2D eigenvalue weighted by atomic mass is 16.7. The average Bonchev–Trinajstić information content (AvgIpc) is 3.05. The van der Waals surface area contributed by atoms with E-state index >= 15 is 0 Å². The first kappa shape index (κ1) is 26.1. The van der Waals surface area contributed by atoms with Gasteiger partial charge in [0.1, 0.15) is 48.8 Å². The van der Waals surface area contributed by atoms with Crippen LogP contribution < -0.4 is 22.5 Å². The summed E-state index contributed by atoms with van der Waals surface area (Å²) in [7, 11) is 1.63. The average molecular weight is 469 g/mol. The molecule has 0 unspecified atom stereocenters. The second-order valence-corrected chi connectivity index (χ2v) is 8.53. The lowest BCUT2D eigenvalue weighted by atomic mass is 9.83. The Morgan fingerprint density at radius 2 is 1.44 bits per heavy atom. The minimum absolute atomic E-state index is 0.103. The van der Waals surface area contributed by atoms with Crippen LogP contribution in [0.2, 0.25) is 0 Å². The number of aliphatic hydroxyl groups is 6. The van der Waals surface area contributed by atoms with Crippen LogP contribution in [0.15, 0.2) is 0 Å². The summed E-state index contributed by atoms with van der Waals surface area (Å²) in [6.07, 6.45) is -13.3. The normalized spacial score (nSPS) is 52.3. The Bertz CT molecular complexity index is 606. The molecule has 3 fully saturated rings. The van der Waals surface area contributed by atoms with Crippen LogP contribution >= 0.6 is 0 Å². The molecular weight excluding hydrogens is 432 g/mol. The molecule has 3 aliphatic rings. The van der Waals surface area contributed by atoms with Crippen LogP contribution in [0.1, 0.15) is 6.42 Å². The molecule has 2 saturated heterocycles. The lowest BCUT2D eigenvalue weighted by Gasteiger charge is -2.47. The van der Waals surface area contributed by atoms with Crippen molar-refractivity contribution >= 4 is 0 Å². The monoisotopic (exact) mass is 468 g/mol. The Hall–Kier alpha value is -0.560. The van der Waals surface area contributed by atoms with Gasteiger partial charge in [0.2, 0.25) is 0 Å². The lowest BCUT2D eigenvalue weighted by molar-refractivity contribution is -0.307. The second-order valence-electron chi connectivity index (χ2n) is 8.53. The van der Waals surface area contributed by atoms with E-state index in [9.17, 15) is 30.6 Å². The summed E-state index contributed by atoms with van der Waals surface area (Å²) in [5.74, 6) is 0. The molecule has 188 valence electrons. The van der Waals surface area contributed by atoms with Gasteiger partial charge in [0, 0.05) is 18.6 Å². The molecule has 0 aromatic heterocycles. The number of likely N-dealkylation sites (N-methyl/N-ethyl adjacent to an activating group) is 1. The van der Waals surface area contributed by atoms with E-state index in [1.807, 2.05) is 0 Å². The fourth-order valence-electron chi connectivity index (χ4n) is 4.42. The van der Waals surface area contributed by atoms with E-state index in [4.69, 9.17) is 36.1 Å². The zero-order valence-corrected chi connectivity index (χ0v) is 17.8. The summed E-state index contributed by atoms with van der Waals surface area (Å²) in [5.41, 5.74) is 17.9. The van der Waals surface area contributed by atoms with Gasteiger partial charge in [-0.1, -0.05) is 0 Å². The van der Waals surface area contributed by atoms with Crippen LogP contribution in [-0.4, -0.2) is 136 Å². The molecule has 32 heavy (non-hydrogen) atoms. The van der Waals surface area contributed by atoms with Crippen molar-refractivity contribution in [2.24, 2.45) is 17.2 Å². The van der Waals surface area contributed by atoms with E-state index in [1.165, 1.54) is 0 Å². The molecule has 1 saturated carbocycles. The summed E-state index contributed by atoms with van der Waals surface area (Å²) in [4.78, 5) is 0. The number of ether oxygens (including phenoxy) is 4. The molecule has 14 atom stereocenters. The minimum Gasteiger partial charge on any atom is -0.394 e. The molecule has 14 heteroatoms. The molecule has 0 spiro atoms. The summed E-state index contributed by atoms with van der Waals surface area (Å²) in [6.45, 7) is -0.649. The maximum Gasteiger partial charge on any atom is 0.187 e. The number of hydrogen-bond acceptors (Lipinski definition) is 14. The molecule has 14 nitrogen and oxygen atoms in total. The van der Waals surface area contributed by atoms with Gasteiger partial charge in [-0.15, -0.1) is 0 Å². The minimum atomic E-state index is -1.49. The van der Waals surface area contributed by atoms with Crippen LogP contribution in [0.4, 0.5) is 0 Å². The topological polar surface area (TPSA) is 248 Å². The number of aliphatic hydroxyl groups excluding tert-OH is 6. The first-order chi connectivity index (χ1) is 15.1. The van der Waals surface area contributed by atoms with E-state index in [0.717, 1.165) is 0 Å². The Morgan fingerprint density at radius 1 is 0.844 bits per heavy atom. The van der Waals surface area contributed by atoms with E-state index in [1.54, 1.807) is 7.05 Å².